The van der Waals surface area contributed by atoms with E-state index in [1.807, 2.05) is 13.8 Å². The number of amidine groups is 1. The molecule has 0 unspecified atom stereocenters. The Morgan fingerprint density at radius 2 is 2.19 bits per heavy atom. The molecule has 6 heteroatoms. The third kappa shape index (κ3) is 6.35. The van der Waals surface area contributed by atoms with Gasteiger partial charge in [0.25, 0.3) is 11.9 Å². The van der Waals surface area contributed by atoms with Crippen molar-refractivity contribution in [3.63, 3.8) is 0 Å². The molecule has 1 aromatic rings. The molecule has 1 rings (SSSR count). The van der Waals surface area contributed by atoms with Crippen LogP contribution in [0.2, 0.25) is 0 Å². The largest absolute Gasteiger partial charge is 0.463 e. The van der Waals surface area contributed by atoms with Crippen molar-refractivity contribution >= 4 is 11.9 Å². The van der Waals surface area contributed by atoms with Gasteiger partial charge >= 0.3 is 0 Å². The molecule has 1 atom stereocenters. The van der Waals surface area contributed by atoms with E-state index >= 15 is 0 Å². The van der Waals surface area contributed by atoms with Crippen LogP contribution in [0.5, 0.6) is 0 Å². The predicted molar refractivity (Wildman–Crippen MR) is 78.9 cm³/mol. The molecule has 1 N–H and O–H groups in total. The van der Waals surface area contributed by atoms with E-state index in [4.69, 9.17) is 9.47 Å². The molecule has 0 spiro atoms. The summed E-state index contributed by atoms with van der Waals surface area (Å²) in [5, 5.41) is 2.55. The van der Waals surface area contributed by atoms with Gasteiger partial charge in [-0.1, -0.05) is 13.0 Å². The molecule has 0 aliphatic carbocycles. The summed E-state index contributed by atoms with van der Waals surface area (Å²) in [7, 11) is 1.56. The molecule has 21 heavy (non-hydrogen) atoms. The number of nitrogens with zero attached hydrogens (tertiary/aromatic N) is 1. The first-order valence-corrected chi connectivity index (χ1v) is 6.83. The highest BCUT2D eigenvalue weighted by molar-refractivity contribution is 6.04. The van der Waals surface area contributed by atoms with Gasteiger partial charge in [0.2, 0.25) is 0 Å². The topological polar surface area (TPSA) is 59.9 Å². The Hall–Kier alpha value is -1.95. The zero-order valence-electron chi connectivity index (χ0n) is 12.6. The van der Waals surface area contributed by atoms with E-state index in [9.17, 15) is 9.18 Å². The van der Waals surface area contributed by atoms with Crippen molar-refractivity contribution in [2.45, 2.75) is 26.3 Å². The number of rotatable bonds is 6. The molecular weight excluding hydrogens is 275 g/mol. The summed E-state index contributed by atoms with van der Waals surface area (Å²) in [4.78, 5) is 16.3. The molecule has 0 saturated heterocycles. The van der Waals surface area contributed by atoms with E-state index < -0.39 is 11.7 Å². The minimum absolute atomic E-state index is 0.00959. The molecule has 116 valence electrons. The molecule has 0 heterocycles. The molecule has 0 bridgehead atoms. The van der Waals surface area contributed by atoms with Crippen molar-refractivity contribution < 1.29 is 18.7 Å². The number of hydrogen-bond donors (Lipinski definition) is 1. The van der Waals surface area contributed by atoms with Gasteiger partial charge in [-0.2, -0.15) is 0 Å². The van der Waals surface area contributed by atoms with Gasteiger partial charge in [0, 0.05) is 12.7 Å². The quantitative estimate of drug-likeness (QED) is 0.498. The van der Waals surface area contributed by atoms with E-state index in [0.717, 1.165) is 12.5 Å². The zero-order chi connectivity index (χ0) is 15.7. The molecule has 0 fully saturated rings. The van der Waals surface area contributed by atoms with Crippen LogP contribution in [0.15, 0.2) is 29.3 Å². The lowest BCUT2D eigenvalue weighted by molar-refractivity contribution is 0.0953. The maximum Gasteiger partial charge on any atom is 0.292 e. The maximum absolute atomic E-state index is 13.1. The van der Waals surface area contributed by atoms with E-state index in [-0.39, 0.29) is 24.2 Å². The number of methoxy groups -OCH3 is 1. The number of carbonyl (C=O) groups is 1. The number of nitrogens with one attached hydrogen (secondary N) is 1. The molecule has 1 amide bonds. The average Bonchev–Trinajstić information content (AvgIpc) is 2.47. The second-order valence-electron chi connectivity index (χ2n) is 4.50. The van der Waals surface area contributed by atoms with E-state index in [1.54, 1.807) is 7.11 Å². The van der Waals surface area contributed by atoms with Gasteiger partial charge in [0.1, 0.15) is 12.4 Å². The van der Waals surface area contributed by atoms with E-state index in [2.05, 4.69) is 10.3 Å². The van der Waals surface area contributed by atoms with Crippen LogP contribution >= 0.6 is 0 Å². The number of ether oxygens (including phenoxy) is 2. The van der Waals surface area contributed by atoms with Gasteiger partial charge < -0.3 is 9.47 Å². The third-order valence-corrected chi connectivity index (χ3v) is 2.76. The van der Waals surface area contributed by atoms with Gasteiger partial charge in [-0.3, -0.25) is 10.1 Å². The molecule has 0 aliphatic heterocycles. The summed E-state index contributed by atoms with van der Waals surface area (Å²) < 4.78 is 23.4. The van der Waals surface area contributed by atoms with Crippen LogP contribution in [0.3, 0.4) is 0 Å². The van der Waals surface area contributed by atoms with Gasteiger partial charge in [0.05, 0.1) is 12.6 Å². The van der Waals surface area contributed by atoms with Crippen LogP contribution < -0.4 is 5.32 Å². The van der Waals surface area contributed by atoms with Gasteiger partial charge in [0.15, 0.2) is 0 Å². The molecule has 0 radical (unpaired) electrons. The third-order valence-electron chi connectivity index (χ3n) is 2.76. The lowest BCUT2D eigenvalue weighted by Gasteiger charge is -2.12. The zero-order valence-corrected chi connectivity index (χ0v) is 12.6. The first-order valence-electron chi connectivity index (χ1n) is 6.83. The standard InChI is InChI=1S/C15H21FN2O3/c1-4-11(2)17-15(21-9-8-20-3)18-14(19)12-6-5-7-13(16)10-12/h5-7,10-11H,4,8-9H2,1-3H3,(H,17,18,19)/t11-/m0/s1. The number of hydrogen-bond acceptors (Lipinski definition) is 4. The van der Waals surface area contributed by atoms with E-state index in [0.29, 0.717) is 6.61 Å². The minimum Gasteiger partial charge on any atom is -0.463 e. The second-order valence-corrected chi connectivity index (χ2v) is 4.50. The van der Waals surface area contributed by atoms with Crippen molar-refractivity contribution in [1.82, 2.24) is 5.32 Å². The number of carbonyl (C=O) groups excluding carboxylic acids is 1. The monoisotopic (exact) mass is 296 g/mol. The first-order chi connectivity index (χ1) is 10.1. The Balaban J connectivity index is 2.75. The second kappa shape index (κ2) is 9.07. The Morgan fingerprint density at radius 1 is 1.43 bits per heavy atom. The lowest BCUT2D eigenvalue weighted by Crippen LogP contribution is -2.34. The normalized spacial score (nSPS) is 12.9. The van der Waals surface area contributed by atoms with Crippen molar-refractivity contribution in [3.05, 3.63) is 35.6 Å². The SMILES string of the molecule is CC[C@H](C)N=C(NC(=O)c1cccc(F)c1)OCCOC. The molecule has 1 aromatic carbocycles. The Bertz CT molecular complexity index is 492. The number of halogens is 1. The Morgan fingerprint density at radius 3 is 2.81 bits per heavy atom. The van der Waals surface area contributed by atoms with Crippen LogP contribution in [-0.4, -0.2) is 38.3 Å². The fourth-order valence-electron chi connectivity index (χ4n) is 1.42. The summed E-state index contributed by atoms with van der Waals surface area (Å²) in [6.07, 6.45) is 0.812. The van der Waals surface area contributed by atoms with Gasteiger partial charge in [-0.25, -0.2) is 9.38 Å². The molecular formula is C15H21FN2O3. The highest BCUT2D eigenvalue weighted by atomic mass is 19.1. The van der Waals surface area contributed by atoms with Crippen LogP contribution in [0.25, 0.3) is 0 Å². The van der Waals surface area contributed by atoms with Crippen LogP contribution in [0.4, 0.5) is 4.39 Å². The molecule has 5 nitrogen and oxygen atoms in total. The Kier molecular flexibility index (Phi) is 7.39. The molecule has 0 aliphatic rings. The first kappa shape index (κ1) is 17.1. The fraction of sp³-hybridized carbons (Fsp3) is 0.467. The summed E-state index contributed by atoms with van der Waals surface area (Å²) in [6.45, 7) is 4.55. The van der Waals surface area contributed by atoms with E-state index in [1.165, 1.54) is 18.2 Å². The highest BCUT2D eigenvalue weighted by Gasteiger charge is 2.11. The van der Waals surface area contributed by atoms with Crippen molar-refractivity contribution in [3.8, 4) is 0 Å². The molecule has 0 saturated carbocycles. The summed E-state index contributed by atoms with van der Waals surface area (Å²) in [5.41, 5.74) is 0.210. The fourth-order valence-corrected chi connectivity index (χ4v) is 1.42. The predicted octanol–water partition coefficient (Wildman–Crippen LogP) is 2.37. The average molecular weight is 296 g/mol. The smallest absolute Gasteiger partial charge is 0.292 e. The number of benzene rings is 1. The number of aliphatic imine (C=N–C) groups is 1. The lowest BCUT2D eigenvalue weighted by atomic mass is 10.2. The van der Waals surface area contributed by atoms with Gasteiger partial charge in [-0.15, -0.1) is 0 Å². The van der Waals surface area contributed by atoms with Crippen molar-refractivity contribution in [2.24, 2.45) is 4.99 Å². The van der Waals surface area contributed by atoms with Crippen LogP contribution in [0.1, 0.15) is 30.6 Å². The Labute approximate surface area is 124 Å². The minimum atomic E-state index is -0.469. The van der Waals surface area contributed by atoms with Crippen LogP contribution in [0, 0.1) is 5.82 Å². The molecule has 0 aromatic heterocycles. The summed E-state index contributed by atoms with van der Waals surface area (Å²) in [6, 6.07) is 5.56. The summed E-state index contributed by atoms with van der Waals surface area (Å²) >= 11 is 0. The van der Waals surface area contributed by atoms with Crippen molar-refractivity contribution in [2.75, 3.05) is 20.3 Å². The maximum atomic E-state index is 13.1. The van der Waals surface area contributed by atoms with Crippen LogP contribution in [-0.2, 0) is 9.47 Å². The van der Waals surface area contributed by atoms with Crippen molar-refractivity contribution in [1.29, 1.82) is 0 Å². The van der Waals surface area contributed by atoms with Gasteiger partial charge in [-0.05, 0) is 31.5 Å². The summed E-state index contributed by atoms with van der Waals surface area (Å²) in [5.74, 6) is -0.933. The highest BCUT2D eigenvalue weighted by Crippen LogP contribution is 2.04. The number of amides is 1.